The lowest BCUT2D eigenvalue weighted by molar-refractivity contribution is -0.130. The lowest BCUT2D eigenvalue weighted by atomic mass is 10.1. The molecule has 1 saturated heterocycles. The number of rotatable bonds is 4. The molecule has 0 saturated carbocycles. The fourth-order valence-electron chi connectivity index (χ4n) is 3.70. The molecular weight excluding hydrogens is 419 g/mol. The summed E-state index contributed by atoms with van der Waals surface area (Å²) in [6.07, 6.45) is 1.72. The van der Waals surface area contributed by atoms with Crippen LogP contribution in [-0.2, 0) is 11.2 Å². The van der Waals surface area contributed by atoms with Gasteiger partial charge < -0.3 is 9.80 Å². The molecule has 0 radical (unpaired) electrons. The molecule has 3 aromatic rings. The highest BCUT2D eigenvalue weighted by Crippen LogP contribution is 2.22. The van der Waals surface area contributed by atoms with E-state index in [1.807, 2.05) is 31.4 Å². The molecular formula is C22H24ClFN6O. The van der Waals surface area contributed by atoms with Gasteiger partial charge in [0.05, 0.1) is 12.1 Å². The summed E-state index contributed by atoms with van der Waals surface area (Å²) < 4.78 is 16.0. The molecule has 0 N–H and O–H groups in total. The minimum absolute atomic E-state index is 0.0402. The third kappa shape index (κ3) is 4.39. The zero-order valence-corrected chi connectivity index (χ0v) is 18.5. The van der Waals surface area contributed by atoms with Crippen molar-refractivity contribution in [3.05, 3.63) is 64.2 Å². The van der Waals surface area contributed by atoms with Crippen molar-refractivity contribution >= 4 is 23.3 Å². The van der Waals surface area contributed by atoms with Crippen LogP contribution in [0.25, 0.3) is 5.82 Å². The Balaban J connectivity index is 1.45. The Kier molecular flexibility index (Phi) is 5.91. The van der Waals surface area contributed by atoms with Crippen LogP contribution in [0.5, 0.6) is 0 Å². The molecule has 9 heteroatoms. The Morgan fingerprint density at radius 3 is 2.45 bits per heavy atom. The number of aryl methyl sites for hydroxylation is 2. The van der Waals surface area contributed by atoms with Crippen LogP contribution in [0.1, 0.15) is 22.8 Å². The monoisotopic (exact) mass is 442 g/mol. The second-order valence-corrected chi connectivity index (χ2v) is 8.07. The quantitative estimate of drug-likeness (QED) is 0.620. The third-order valence-electron chi connectivity index (χ3n) is 5.66. The fraction of sp³-hybridized carbons (Fsp3) is 0.364. The second-order valence-electron chi connectivity index (χ2n) is 7.66. The molecule has 162 valence electrons. The van der Waals surface area contributed by atoms with Crippen molar-refractivity contribution < 1.29 is 9.18 Å². The predicted molar refractivity (Wildman–Crippen MR) is 117 cm³/mol. The fourth-order valence-corrected chi connectivity index (χ4v) is 3.93. The van der Waals surface area contributed by atoms with Crippen molar-refractivity contribution in [1.29, 1.82) is 0 Å². The summed E-state index contributed by atoms with van der Waals surface area (Å²) in [5.74, 6) is 1.68. The van der Waals surface area contributed by atoms with Gasteiger partial charge in [-0.15, -0.1) is 0 Å². The number of halogens is 2. The van der Waals surface area contributed by atoms with Gasteiger partial charge in [0.2, 0.25) is 5.91 Å². The number of nitrogens with zero attached hydrogens (tertiary/aromatic N) is 6. The Bertz CT molecular complexity index is 1100. The molecule has 4 rings (SSSR count). The number of benzene rings is 1. The summed E-state index contributed by atoms with van der Waals surface area (Å²) in [4.78, 5) is 30.1. The Morgan fingerprint density at radius 2 is 1.81 bits per heavy atom. The molecule has 1 aliphatic heterocycles. The molecule has 0 bridgehead atoms. The van der Waals surface area contributed by atoms with Gasteiger partial charge in [0.15, 0.2) is 0 Å². The maximum absolute atomic E-state index is 14.0. The van der Waals surface area contributed by atoms with Gasteiger partial charge >= 0.3 is 0 Å². The molecule has 0 aliphatic carbocycles. The SMILES string of the molecule is Cc1nc(N2CCN(C(=O)Cc3c(F)cccc3Cl)CC2)cc(-n2cnc(C)c2C)n1. The number of imidazole rings is 1. The van der Waals surface area contributed by atoms with Crippen molar-refractivity contribution in [2.24, 2.45) is 0 Å². The number of carbonyl (C=O) groups is 1. The molecule has 3 heterocycles. The molecule has 7 nitrogen and oxygen atoms in total. The van der Waals surface area contributed by atoms with Crippen LogP contribution in [0.4, 0.5) is 10.2 Å². The predicted octanol–water partition coefficient (Wildman–Crippen LogP) is 3.27. The molecule has 0 unspecified atom stereocenters. The standard InChI is InChI=1S/C22H24ClFN6O/c1-14-15(2)30(13-25-14)21-12-20(26-16(3)27-21)28-7-9-29(10-8-28)22(31)11-17-18(23)5-4-6-19(17)24/h4-6,12-13H,7-11H2,1-3H3. The topological polar surface area (TPSA) is 67.2 Å². The summed E-state index contributed by atoms with van der Waals surface area (Å²) in [7, 11) is 0. The van der Waals surface area contributed by atoms with E-state index in [1.165, 1.54) is 12.1 Å². The first-order valence-electron chi connectivity index (χ1n) is 10.2. The number of amides is 1. The number of hydrogen-bond donors (Lipinski definition) is 0. The Morgan fingerprint density at radius 1 is 1.10 bits per heavy atom. The van der Waals surface area contributed by atoms with Crippen LogP contribution < -0.4 is 4.90 Å². The van der Waals surface area contributed by atoms with E-state index < -0.39 is 5.82 Å². The molecule has 2 aromatic heterocycles. The molecule has 1 aliphatic rings. The normalized spacial score (nSPS) is 14.2. The van der Waals surface area contributed by atoms with Gasteiger partial charge in [-0.05, 0) is 32.9 Å². The smallest absolute Gasteiger partial charge is 0.227 e. The van der Waals surface area contributed by atoms with Crippen molar-refractivity contribution in [3.63, 3.8) is 0 Å². The average molecular weight is 443 g/mol. The van der Waals surface area contributed by atoms with E-state index in [9.17, 15) is 9.18 Å². The van der Waals surface area contributed by atoms with Crippen LogP contribution in [0, 0.1) is 26.6 Å². The highest BCUT2D eigenvalue weighted by Gasteiger charge is 2.24. The van der Waals surface area contributed by atoms with E-state index in [4.69, 9.17) is 11.6 Å². The van der Waals surface area contributed by atoms with Crippen LogP contribution in [0.15, 0.2) is 30.6 Å². The van der Waals surface area contributed by atoms with Crippen LogP contribution in [0.2, 0.25) is 5.02 Å². The lowest BCUT2D eigenvalue weighted by Crippen LogP contribution is -2.49. The van der Waals surface area contributed by atoms with Gasteiger partial charge in [-0.25, -0.2) is 19.3 Å². The van der Waals surface area contributed by atoms with Crippen LogP contribution in [-0.4, -0.2) is 56.5 Å². The first kappa shape index (κ1) is 21.2. The van der Waals surface area contributed by atoms with Crippen molar-refractivity contribution in [1.82, 2.24) is 24.4 Å². The highest BCUT2D eigenvalue weighted by molar-refractivity contribution is 6.31. The number of aromatic nitrogens is 4. The van der Waals surface area contributed by atoms with E-state index in [1.54, 1.807) is 17.3 Å². The molecule has 1 fully saturated rings. The largest absolute Gasteiger partial charge is 0.353 e. The third-order valence-corrected chi connectivity index (χ3v) is 6.01. The van der Waals surface area contributed by atoms with Gasteiger partial charge in [0, 0.05) is 48.5 Å². The van der Waals surface area contributed by atoms with Gasteiger partial charge in [-0.2, -0.15) is 0 Å². The average Bonchev–Trinajstić information content (AvgIpc) is 3.09. The minimum Gasteiger partial charge on any atom is -0.353 e. The van der Waals surface area contributed by atoms with Gasteiger partial charge in [0.1, 0.15) is 29.6 Å². The first-order chi connectivity index (χ1) is 14.8. The zero-order chi connectivity index (χ0) is 22.1. The summed E-state index contributed by atoms with van der Waals surface area (Å²) >= 11 is 6.07. The summed E-state index contributed by atoms with van der Waals surface area (Å²) in [6.45, 7) is 8.17. The summed E-state index contributed by atoms with van der Waals surface area (Å²) in [5.41, 5.74) is 2.24. The Labute approximate surface area is 185 Å². The molecule has 31 heavy (non-hydrogen) atoms. The molecule has 0 atom stereocenters. The molecule has 1 amide bonds. The van der Waals surface area contributed by atoms with Crippen LogP contribution in [0.3, 0.4) is 0 Å². The van der Waals surface area contributed by atoms with Gasteiger partial charge in [-0.1, -0.05) is 17.7 Å². The van der Waals surface area contributed by atoms with Gasteiger partial charge in [0.25, 0.3) is 0 Å². The minimum atomic E-state index is -0.450. The van der Waals surface area contributed by atoms with Crippen molar-refractivity contribution in [2.75, 3.05) is 31.1 Å². The number of piperazine rings is 1. The summed E-state index contributed by atoms with van der Waals surface area (Å²) in [5, 5.41) is 0.279. The van der Waals surface area contributed by atoms with E-state index in [0.29, 0.717) is 32.0 Å². The van der Waals surface area contributed by atoms with E-state index in [2.05, 4.69) is 19.9 Å². The van der Waals surface area contributed by atoms with E-state index in [0.717, 1.165) is 23.0 Å². The van der Waals surface area contributed by atoms with E-state index in [-0.39, 0.29) is 22.9 Å². The second kappa shape index (κ2) is 8.63. The van der Waals surface area contributed by atoms with Crippen molar-refractivity contribution in [2.45, 2.75) is 27.2 Å². The summed E-state index contributed by atoms with van der Waals surface area (Å²) in [6, 6.07) is 6.40. The van der Waals surface area contributed by atoms with Crippen molar-refractivity contribution in [3.8, 4) is 5.82 Å². The lowest BCUT2D eigenvalue weighted by Gasteiger charge is -2.35. The number of carbonyl (C=O) groups excluding carboxylic acids is 1. The first-order valence-corrected chi connectivity index (χ1v) is 10.5. The maximum Gasteiger partial charge on any atom is 0.227 e. The number of hydrogen-bond acceptors (Lipinski definition) is 5. The Hall–Kier alpha value is -3.00. The van der Waals surface area contributed by atoms with Crippen LogP contribution >= 0.6 is 11.6 Å². The number of anilines is 1. The maximum atomic E-state index is 14.0. The van der Waals surface area contributed by atoms with E-state index >= 15 is 0 Å². The molecule has 1 aromatic carbocycles. The highest BCUT2D eigenvalue weighted by atomic mass is 35.5. The van der Waals surface area contributed by atoms with Gasteiger partial charge in [-0.3, -0.25) is 9.36 Å². The zero-order valence-electron chi connectivity index (χ0n) is 17.8. The molecule has 0 spiro atoms.